The molecule has 6 nitrogen and oxygen atoms in total. The summed E-state index contributed by atoms with van der Waals surface area (Å²) in [4.78, 5) is 16.4. The summed E-state index contributed by atoms with van der Waals surface area (Å²) < 4.78 is 50.4. The van der Waals surface area contributed by atoms with Crippen molar-refractivity contribution >= 4 is 22.6 Å². The van der Waals surface area contributed by atoms with Gasteiger partial charge in [0.05, 0.1) is 5.56 Å². The molecule has 2 aromatic heterocycles. The van der Waals surface area contributed by atoms with Crippen LogP contribution in [-0.2, 0) is 0 Å². The molecule has 0 aliphatic rings. The molecule has 136 valence electrons. The van der Waals surface area contributed by atoms with E-state index < -0.39 is 12.3 Å². The molecule has 1 N–H and O–H groups in total. The minimum Gasteiger partial charge on any atom is -0.461 e. The van der Waals surface area contributed by atoms with Gasteiger partial charge in [-0.25, -0.2) is 4.98 Å². The number of amides is 1. The molecule has 0 radical (unpaired) electrons. The summed E-state index contributed by atoms with van der Waals surface area (Å²) in [7, 11) is 0. The first kappa shape index (κ1) is 17.9. The second-order valence-electron chi connectivity index (χ2n) is 5.26. The zero-order chi connectivity index (χ0) is 18.9. The fourth-order valence-corrected chi connectivity index (χ4v) is 2.78. The van der Waals surface area contributed by atoms with E-state index in [9.17, 15) is 18.0 Å². The molecule has 1 amide bonds. The summed E-state index contributed by atoms with van der Waals surface area (Å²) in [5, 5.41) is 2.94. The van der Waals surface area contributed by atoms with Crippen LogP contribution in [-0.4, -0.2) is 21.6 Å². The van der Waals surface area contributed by atoms with Crippen LogP contribution in [0.1, 0.15) is 21.9 Å². The monoisotopic (exact) mass is 383 g/mol. The lowest BCUT2D eigenvalue weighted by molar-refractivity contribution is -0.274. The molecule has 0 spiro atoms. The second kappa shape index (κ2) is 6.79. The Morgan fingerprint density at radius 1 is 1.27 bits per heavy atom. The van der Waals surface area contributed by atoms with Gasteiger partial charge in [0.25, 0.3) is 5.91 Å². The van der Waals surface area contributed by atoms with Crippen LogP contribution in [0, 0.1) is 13.8 Å². The average molecular weight is 383 g/mol. The topological polar surface area (TPSA) is 77.2 Å². The van der Waals surface area contributed by atoms with Crippen LogP contribution in [0.25, 0.3) is 11.3 Å². The molecule has 0 aliphatic carbocycles. The third-order valence-electron chi connectivity index (χ3n) is 3.26. The van der Waals surface area contributed by atoms with Crippen LogP contribution in [0.4, 0.5) is 18.3 Å². The number of aryl methyl sites for hydroxylation is 2. The van der Waals surface area contributed by atoms with Crippen molar-refractivity contribution in [1.29, 1.82) is 0 Å². The summed E-state index contributed by atoms with van der Waals surface area (Å²) in [6, 6.07) is 6.76. The Kier molecular flexibility index (Phi) is 4.68. The van der Waals surface area contributed by atoms with E-state index in [1.807, 2.05) is 0 Å². The summed E-state index contributed by atoms with van der Waals surface area (Å²) in [5.74, 6) is 0.279. The van der Waals surface area contributed by atoms with E-state index in [-0.39, 0.29) is 17.1 Å². The molecule has 10 heteroatoms. The minimum atomic E-state index is -4.79. The van der Waals surface area contributed by atoms with Crippen LogP contribution < -0.4 is 10.1 Å². The van der Waals surface area contributed by atoms with E-state index in [1.165, 1.54) is 24.3 Å². The van der Waals surface area contributed by atoms with E-state index in [0.29, 0.717) is 22.3 Å². The predicted molar refractivity (Wildman–Crippen MR) is 88.2 cm³/mol. The van der Waals surface area contributed by atoms with Crippen LogP contribution in [0.3, 0.4) is 0 Å². The highest BCUT2D eigenvalue weighted by Crippen LogP contribution is 2.30. The maximum absolute atomic E-state index is 12.3. The predicted octanol–water partition coefficient (Wildman–Crippen LogP) is 4.57. The van der Waals surface area contributed by atoms with E-state index in [2.05, 4.69) is 19.4 Å². The molecule has 1 aromatic carbocycles. The number of nitrogens with zero attached hydrogens (tertiary/aromatic N) is 2. The Balaban J connectivity index is 1.83. The first-order valence-electron chi connectivity index (χ1n) is 7.29. The molecule has 3 rings (SSSR count). The van der Waals surface area contributed by atoms with Gasteiger partial charge >= 0.3 is 6.36 Å². The number of anilines is 1. The number of ether oxygens (including phenoxy) is 1. The third-order valence-corrected chi connectivity index (χ3v) is 3.98. The SMILES string of the molecule is Cc1nsc(NC(=O)c2cc(-c3cccc(OC(F)(F)F)c3)oc2C)n1. The molecule has 0 saturated carbocycles. The normalized spacial score (nSPS) is 11.4. The highest BCUT2D eigenvalue weighted by Gasteiger charge is 2.31. The molecule has 0 aliphatic heterocycles. The van der Waals surface area contributed by atoms with Gasteiger partial charge in [-0.1, -0.05) is 12.1 Å². The maximum Gasteiger partial charge on any atom is 0.573 e. The summed E-state index contributed by atoms with van der Waals surface area (Å²) in [5.41, 5.74) is 0.593. The number of nitrogens with one attached hydrogen (secondary N) is 1. The molecule has 0 saturated heterocycles. The Morgan fingerprint density at radius 2 is 2.04 bits per heavy atom. The van der Waals surface area contributed by atoms with Crippen LogP contribution in [0.2, 0.25) is 0 Å². The Bertz CT molecular complexity index is 950. The van der Waals surface area contributed by atoms with Gasteiger partial charge in [0.15, 0.2) is 0 Å². The summed E-state index contributed by atoms with van der Waals surface area (Å²) in [6.07, 6.45) is -4.79. The summed E-state index contributed by atoms with van der Waals surface area (Å²) in [6.45, 7) is 3.28. The number of benzene rings is 1. The molecule has 26 heavy (non-hydrogen) atoms. The lowest BCUT2D eigenvalue weighted by atomic mass is 10.1. The molecule has 3 aromatic rings. The first-order valence-corrected chi connectivity index (χ1v) is 8.07. The van der Waals surface area contributed by atoms with Crippen molar-refractivity contribution in [3.05, 3.63) is 47.5 Å². The fraction of sp³-hybridized carbons (Fsp3) is 0.188. The zero-order valence-corrected chi connectivity index (χ0v) is 14.4. The standard InChI is InChI=1S/C16H12F3N3O3S/c1-8-12(14(23)21-15-20-9(2)22-26-15)7-13(24-8)10-4-3-5-11(6-10)25-16(17,18)19/h3-7H,1-2H3,(H,20,21,22,23). The van der Waals surface area contributed by atoms with Crippen LogP contribution in [0.5, 0.6) is 5.75 Å². The van der Waals surface area contributed by atoms with E-state index in [0.717, 1.165) is 11.5 Å². The highest BCUT2D eigenvalue weighted by atomic mass is 32.1. The Morgan fingerprint density at radius 3 is 2.69 bits per heavy atom. The van der Waals surface area contributed by atoms with Gasteiger partial charge in [-0.3, -0.25) is 10.1 Å². The molecule has 0 atom stereocenters. The second-order valence-corrected chi connectivity index (χ2v) is 6.01. The lowest BCUT2D eigenvalue weighted by Gasteiger charge is -2.09. The lowest BCUT2D eigenvalue weighted by Crippen LogP contribution is -2.17. The van der Waals surface area contributed by atoms with Gasteiger partial charge in [0, 0.05) is 17.1 Å². The fourth-order valence-electron chi connectivity index (χ4n) is 2.21. The number of rotatable bonds is 4. The summed E-state index contributed by atoms with van der Waals surface area (Å²) >= 11 is 1.04. The molecule has 0 fully saturated rings. The van der Waals surface area contributed by atoms with Gasteiger partial charge in [-0.15, -0.1) is 13.2 Å². The van der Waals surface area contributed by atoms with Gasteiger partial charge in [0.2, 0.25) is 5.13 Å². The van der Waals surface area contributed by atoms with Crippen molar-refractivity contribution in [2.75, 3.05) is 5.32 Å². The van der Waals surface area contributed by atoms with Crippen LogP contribution >= 0.6 is 11.5 Å². The maximum atomic E-state index is 12.3. The van der Waals surface area contributed by atoms with Crippen molar-refractivity contribution in [2.24, 2.45) is 0 Å². The Hall–Kier alpha value is -2.88. The number of furan rings is 1. The molecule has 2 heterocycles. The van der Waals surface area contributed by atoms with Gasteiger partial charge in [0.1, 0.15) is 23.1 Å². The number of carbonyl (C=O) groups excluding carboxylic acids is 1. The number of hydrogen-bond acceptors (Lipinski definition) is 6. The van der Waals surface area contributed by atoms with E-state index in [4.69, 9.17) is 4.42 Å². The van der Waals surface area contributed by atoms with Gasteiger partial charge in [-0.05, 0) is 32.0 Å². The van der Waals surface area contributed by atoms with Crippen LogP contribution in [0.15, 0.2) is 34.7 Å². The highest BCUT2D eigenvalue weighted by molar-refractivity contribution is 7.09. The smallest absolute Gasteiger partial charge is 0.461 e. The first-order chi connectivity index (χ1) is 12.2. The average Bonchev–Trinajstić information content (AvgIpc) is 3.12. The van der Waals surface area contributed by atoms with Gasteiger partial charge in [-0.2, -0.15) is 4.37 Å². The van der Waals surface area contributed by atoms with E-state index in [1.54, 1.807) is 19.9 Å². The molecule has 0 bridgehead atoms. The Labute approximate surface area is 149 Å². The van der Waals surface area contributed by atoms with E-state index >= 15 is 0 Å². The third kappa shape index (κ3) is 4.20. The number of alkyl halides is 3. The minimum absolute atomic E-state index is 0.244. The van der Waals surface area contributed by atoms with Crippen molar-refractivity contribution in [2.45, 2.75) is 20.2 Å². The van der Waals surface area contributed by atoms with Crippen molar-refractivity contribution in [3.8, 4) is 17.1 Å². The molecular weight excluding hydrogens is 371 g/mol. The largest absolute Gasteiger partial charge is 0.573 e. The van der Waals surface area contributed by atoms with Crippen molar-refractivity contribution < 1.29 is 27.1 Å². The molecular formula is C16H12F3N3O3S. The van der Waals surface area contributed by atoms with Gasteiger partial charge < -0.3 is 9.15 Å². The number of carbonyl (C=O) groups is 1. The van der Waals surface area contributed by atoms with Crippen molar-refractivity contribution in [3.63, 3.8) is 0 Å². The quantitative estimate of drug-likeness (QED) is 0.714. The van der Waals surface area contributed by atoms with Crippen molar-refractivity contribution in [1.82, 2.24) is 9.36 Å². The zero-order valence-electron chi connectivity index (χ0n) is 13.5. The number of halogens is 3. The number of aromatic nitrogens is 2. The molecule has 0 unspecified atom stereocenters. The number of hydrogen-bond donors (Lipinski definition) is 1.